The van der Waals surface area contributed by atoms with E-state index in [9.17, 15) is 4.79 Å². The number of nitrogens with one attached hydrogen (secondary N) is 3. The Bertz CT molecular complexity index is 454. The minimum atomic E-state index is 0.0596. The number of anilines is 2. The van der Waals surface area contributed by atoms with Gasteiger partial charge < -0.3 is 16.0 Å². The van der Waals surface area contributed by atoms with Gasteiger partial charge >= 0.3 is 0 Å². The highest BCUT2D eigenvalue weighted by Gasteiger charge is 2.16. The van der Waals surface area contributed by atoms with Crippen LogP contribution < -0.4 is 16.0 Å². The van der Waals surface area contributed by atoms with Crippen LogP contribution in [0.1, 0.15) is 25.8 Å². The van der Waals surface area contributed by atoms with Crippen LogP contribution in [0, 0.1) is 0 Å². The van der Waals surface area contributed by atoms with Crippen LogP contribution in [-0.2, 0) is 11.2 Å². The highest BCUT2D eigenvalue weighted by Crippen LogP contribution is 2.25. The average molecular weight is 247 g/mol. The molecular formula is C14H21N3O. The van der Waals surface area contributed by atoms with E-state index in [2.05, 4.69) is 35.9 Å². The lowest BCUT2D eigenvalue weighted by Crippen LogP contribution is -2.42. The summed E-state index contributed by atoms with van der Waals surface area (Å²) in [5.74, 6) is 0.111. The number of carbonyl (C=O) groups is 1. The molecule has 0 atom stereocenters. The number of benzene rings is 1. The van der Waals surface area contributed by atoms with E-state index in [-0.39, 0.29) is 11.4 Å². The summed E-state index contributed by atoms with van der Waals surface area (Å²) in [5.41, 5.74) is 3.32. The van der Waals surface area contributed by atoms with Crippen LogP contribution in [0.5, 0.6) is 0 Å². The molecule has 1 aromatic rings. The first kappa shape index (κ1) is 12.9. The van der Waals surface area contributed by atoms with Crippen molar-refractivity contribution in [3.63, 3.8) is 0 Å². The fourth-order valence-electron chi connectivity index (χ4n) is 1.90. The molecular weight excluding hydrogens is 226 g/mol. The maximum atomic E-state index is 11.3. The monoisotopic (exact) mass is 247 g/mol. The molecule has 3 N–H and O–H groups in total. The van der Waals surface area contributed by atoms with E-state index in [4.69, 9.17) is 0 Å². The lowest BCUT2D eigenvalue weighted by atomic mass is 10.0. The Morgan fingerprint density at radius 3 is 2.83 bits per heavy atom. The molecule has 0 unspecified atom stereocenters. The van der Waals surface area contributed by atoms with E-state index >= 15 is 0 Å². The molecule has 0 saturated carbocycles. The van der Waals surface area contributed by atoms with Gasteiger partial charge in [-0.2, -0.15) is 0 Å². The number of hydrogen-bond donors (Lipinski definition) is 3. The molecule has 1 aliphatic heterocycles. The highest BCUT2D eigenvalue weighted by atomic mass is 16.1. The molecule has 4 heteroatoms. The van der Waals surface area contributed by atoms with Crippen molar-refractivity contribution < 1.29 is 4.79 Å². The van der Waals surface area contributed by atoms with Gasteiger partial charge in [-0.05, 0) is 51.1 Å². The largest absolute Gasteiger partial charge is 0.383 e. The molecule has 0 radical (unpaired) electrons. The summed E-state index contributed by atoms with van der Waals surface area (Å²) in [4.78, 5) is 11.3. The van der Waals surface area contributed by atoms with Crippen molar-refractivity contribution in [1.29, 1.82) is 0 Å². The lowest BCUT2D eigenvalue weighted by Gasteiger charge is -2.25. The van der Waals surface area contributed by atoms with Crippen LogP contribution in [-0.4, -0.2) is 25.0 Å². The van der Waals surface area contributed by atoms with Gasteiger partial charge in [-0.15, -0.1) is 0 Å². The zero-order valence-corrected chi connectivity index (χ0v) is 11.3. The zero-order valence-electron chi connectivity index (χ0n) is 11.3. The zero-order chi connectivity index (χ0) is 13.2. The smallest absolute Gasteiger partial charge is 0.224 e. The molecule has 0 fully saturated rings. The molecule has 4 nitrogen and oxygen atoms in total. The molecule has 0 saturated heterocycles. The number of carbonyl (C=O) groups excluding carboxylic acids is 1. The SMILES string of the molecule is CNC(C)(C)CNc1ccc2c(c1)CCC(=O)N2. The first-order chi connectivity index (χ1) is 8.50. The minimum Gasteiger partial charge on any atom is -0.383 e. The summed E-state index contributed by atoms with van der Waals surface area (Å²) < 4.78 is 0. The molecule has 98 valence electrons. The van der Waals surface area contributed by atoms with E-state index < -0.39 is 0 Å². The molecule has 0 aromatic heterocycles. The van der Waals surface area contributed by atoms with Crippen molar-refractivity contribution in [2.24, 2.45) is 0 Å². The van der Waals surface area contributed by atoms with E-state index in [1.807, 2.05) is 19.2 Å². The van der Waals surface area contributed by atoms with Gasteiger partial charge in [-0.25, -0.2) is 0 Å². The van der Waals surface area contributed by atoms with Crippen molar-refractivity contribution in [2.75, 3.05) is 24.2 Å². The Kier molecular flexibility index (Phi) is 3.57. The number of rotatable bonds is 4. The maximum Gasteiger partial charge on any atom is 0.224 e. The number of amides is 1. The molecule has 0 spiro atoms. The van der Waals surface area contributed by atoms with Crippen LogP contribution in [0.25, 0.3) is 0 Å². The van der Waals surface area contributed by atoms with Crippen molar-refractivity contribution in [1.82, 2.24) is 5.32 Å². The van der Waals surface area contributed by atoms with Gasteiger partial charge in [0.25, 0.3) is 0 Å². The van der Waals surface area contributed by atoms with Gasteiger partial charge in [0.05, 0.1) is 0 Å². The van der Waals surface area contributed by atoms with Crippen molar-refractivity contribution in [2.45, 2.75) is 32.2 Å². The molecule has 1 aliphatic rings. The molecule has 1 aromatic carbocycles. The van der Waals surface area contributed by atoms with Gasteiger partial charge in [0, 0.05) is 29.9 Å². The van der Waals surface area contributed by atoms with Crippen LogP contribution in [0.15, 0.2) is 18.2 Å². The number of likely N-dealkylation sites (N-methyl/N-ethyl adjacent to an activating group) is 1. The summed E-state index contributed by atoms with van der Waals surface area (Å²) in [6, 6.07) is 6.11. The Morgan fingerprint density at radius 2 is 2.11 bits per heavy atom. The topological polar surface area (TPSA) is 53.2 Å². The highest BCUT2D eigenvalue weighted by molar-refractivity contribution is 5.94. The molecule has 1 amide bonds. The molecule has 1 heterocycles. The predicted octanol–water partition coefficient (Wildman–Crippen LogP) is 1.98. The van der Waals surface area contributed by atoms with E-state index in [1.165, 1.54) is 5.56 Å². The van der Waals surface area contributed by atoms with Crippen LogP contribution in [0.2, 0.25) is 0 Å². The van der Waals surface area contributed by atoms with Crippen LogP contribution in [0.4, 0.5) is 11.4 Å². The Labute approximate surface area is 108 Å². The quantitative estimate of drug-likeness (QED) is 0.762. The van der Waals surface area contributed by atoms with Crippen LogP contribution in [0.3, 0.4) is 0 Å². The second-order valence-electron chi connectivity index (χ2n) is 5.41. The van der Waals surface area contributed by atoms with Crippen LogP contribution >= 0.6 is 0 Å². The molecule has 0 bridgehead atoms. The molecule has 18 heavy (non-hydrogen) atoms. The molecule has 2 rings (SSSR count). The number of aryl methyl sites for hydroxylation is 1. The Balaban J connectivity index is 2.05. The summed E-state index contributed by atoms with van der Waals surface area (Å²) in [6.45, 7) is 5.16. The fourth-order valence-corrected chi connectivity index (χ4v) is 1.90. The Hall–Kier alpha value is -1.55. The first-order valence-corrected chi connectivity index (χ1v) is 6.36. The average Bonchev–Trinajstić information content (AvgIpc) is 2.36. The third-order valence-electron chi connectivity index (χ3n) is 3.41. The van der Waals surface area contributed by atoms with Gasteiger partial charge in [-0.1, -0.05) is 0 Å². The Morgan fingerprint density at radius 1 is 1.33 bits per heavy atom. The maximum absolute atomic E-state index is 11.3. The standard InChI is InChI=1S/C14H21N3O/c1-14(2,15-3)9-16-11-5-6-12-10(8-11)4-7-13(18)17-12/h5-6,8,15-16H,4,7,9H2,1-3H3,(H,17,18). The summed E-state index contributed by atoms with van der Waals surface area (Å²) in [6.07, 6.45) is 1.41. The van der Waals surface area contributed by atoms with E-state index in [0.29, 0.717) is 6.42 Å². The van der Waals surface area contributed by atoms with Gasteiger partial charge in [0.1, 0.15) is 0 Å². The van der Waals surface area contributed by atoms with Gasteiger partial charge in [0.15, 0.2) is 0 Å². The fraction of sp³-hybridized carbons (Fsp3) is 0.500. The third kappa shape index (κ3) is 3.01. The number of fused-ring (bicyclic) bond motifs is 1. The normalized spacial score (nSPS) is 14.9. The van der Waals surface area contributed by atoms with Crippen molar-refractivity contribution >= 4 is 17.3 Å². The van der Waals surface area contributed by atoms with E-state index in [1.54, 1.807) is 0 Å². The van der Waals surface area contributed by atoms with Crippen molar-refractivity contribution in [3.05, 3.63) is 23.8 Å². The number of hydrogen-bond acceptors (Lipinski definition) is 3. The summed E-state index contributed by atoms with van der Waals surface area (Å²) >= 11 is 0. The van der Waals surface area contributed by atoms with Gasteiger partial charge in [0.2, 0.25) is 5.91 Å². The second-order valence-corrected chi connectivity index (χ2v) is 5.41. The van der Waals surface area contributed by atoms with E-state index in [0.717, 1.165) is 24.3 Å². The lowest BCUT2D eigenvalue weighted by molar-refractivity contribution is -0.116. The summed E-state index contributed by atoms with van der Waals surface area (Å²) in [7, 11) is 1.96. The third-order valence-corrected chi connectivity index (χ3v) is 3.41. The molecule has 0 aliphatic carbocycles. The second kappa shape index (κ2) is 4.98. The first-order valence-electron chi connectivity index (χ1n) is 6.36. The van der Waals surface area contributed by atoms with Crippen molar-refractivity contribution in [3.8, 4) is 0 Å². The summed E-state index contributed by atoms with van der Waals surface area (Å²) in [5, 5.41) is 9.57. The minimum absolute atomic E-state index is 0.0596. The predicted molar refractivity (Wildman–Crippen MR) is 75.0 cm³/mol. The van der Waals surface area contributed by atoms with Gasteiger partial charge in [-0.3, -0.25) is 4.79 Å².